The Hall–Kier alpha value is -3.41. The molecule has 7 rings (SSSR count). The van der Waals surface area contributed by atoms with Gasteiger partial charge in [0.05, 0.1) is 24.6 Å². The molecule has 5 aliphatic rings. The number of ketones is 1. The van der Waals surface area contributed by atoms with Gasteiger partial charge in [0.1, 0.15) is 11.5 Å². The minimum Gasteiger partial charge on any atom is -0.497 e. The van der Waals surface area contributed by atoms with Gasteiger partial charge in [0.25, 0.3) is 0 Å². The summed E-state index contributed by atoms with van der Waals surface area (Å²) < 4.78 is 11.0. The van der Waals surface area contributed by atoms with Crippen molar-refractivity contribution < 1.29 is 23.9 Å². The quantitative estimate of drug-likeness (QED) is 0.399. The molecule has 2 bridgehead atoms. The number of rotatable bonds is 6. The molecule has 0 N–H and O–H groups in total. The first kappa shape index (κ1) is 19.3. The Labute approximate surface area is 185 Å². The summed E-state index contributed by atoms with van der Waals surface area (Å²) in [5, 5.41) is 0. The van der Waals surface area contributed by atoms with Crippen molar-refractivity contribution >= 4 is 23.3 Å². The molecule has 0 spiro atoms. The number of carbonyl (C=O) groups excluding carboxylic acids is 3. The molecule has 2 saturated carbocycles. The highest BCUT2D eigenvalue weighted by molar-refractivity contribution is 6.23. The third-order valence-corrected chi connectivity index (χ3v) is 7.54. The van der Waals surface area contributed by atoms with Crippen molar-refractivity contribution in [3.63, 3.8) is 0 Å². The molecular weight excluding hydrogens is 406 g/mol. The van der Waals surface area contributed by atoms with Crippen LogP contribution in [0, 0.1) is 35.5 Å². The maximum atomic E-state index is 13.4. The van der Waals surface area contributed by atoms with Crippen LogP contribution >= 0.6 is 0 Å². The van der Waals surface area contributed by atoms with Gasteiger partial charge in [-0.1, -0.05) is 24.3 Å². The first-order valence-electron chi connectivity index (χ1n) is 11.0. The standard InChI is InChI=1S/C26H23NO5/c1-31-15-8-6-14(7-9-15)21(28)13-32-22-5-3-2-4-20(22)27-25(29)23-16-10-11-17(19-12-18(16)19)24(23)26(27)30/h2-11,16-19,23-24H,12-13H2,1H3/t16-,17-,18-,19-,23-,24-/m1/s1. The van der Waals surface area contributed by atoms with E-state index in [0.717, 1.165) is 6.42 Å². The van der Waals surface area contributed by atoms with Gasteiger partial charge in [-0.25, -0.2) is 4.90 Å². The minimum absolute atomic E-state index is 0.137. The van der Waals surface area contributed by atoms with Crippen molar-refractivity contribution in [3.8, 4) is 11.5 Å². The van der Waals surface area contributed by atoms with Crippen LogP contribution in [0.4, 0.5) is 5.69 Å². The Morgan fingerprint density at radius 1 is 0.938 bits per heavy atom. The second kappa shape index (κ2) is 7.05. The number of methoxy groups -OCH3 is 1. The summed E-state index contributed by atoms with van der Waals surface area (Å²) in [6, 6.07) is 13.8. The fourth-order valence-corrected chi connectivity index (χ4v) is 5.96. The number of ether oxygens (including phenoxy) is 2. The van der Waals surface area contributed by atoms with Crippen LogP contribution in [0.2, 0.25) is 0 Å². The molecule has 4 aliphatic carbocycles. The Bertz CT molecular complexity index is 1120. The number of anilines is 1. The van der Waals surface area contributed by atoms with Crippen molar-refractivity contribution in [2.75, 3.05) is 18.6 Å². The summed E-state index contributed by atoms with van der Waals surface area (Å²) in [4.78, 5) is 40.7. The topological polar surface area (TPSA) is 72.9 Å². The lowest BCUT2D eigenvalue weighted by Gasteiger charge is -2.37. The van der Waals surface area contributed by atoms with Gasteiger partial charge in [-0.15, -0.1) is 0 Å². The molecule has 6 heteroatoms. The first-order chi connectivity index (χ1) is 15.6. The zero-order valence-electron chi connectivity index (χ0n) is 17.6. The number of hydrogen-bond acceptors (Lipinski definition) is 5. The molecule has 1 saturated heterocycles. The van der Waals surface area contributed by atoms with Crippen LogP contribution < -0.4 is 14.4 Å². The molecule has 2 amide bonds. The van der Waals surface area contributed by atoms with Crippen molar-refractivity contribution in [1.82, 2.24) is 0 Å². The third kappa shape index (κ3) is 2.75. The number of amides is 2. The average Bonchev–Trinajstić information content (AvgIpc) is 3.61. The molecule has 6 nitrogen and oxygen atoms in total. The van der Waals surface area contributed by atoms with Crippen LogP contribution in [0.25, 0.3) is 0 Å². The summed E-state index contributed by atoms with van der Waals surface area (Å²) in [7, 11) is 1.57. The fourth-order valence-electron chi connectivity index (χ4n) is 5.96. The van der Waals surface area contributed by atoms with Gasteiger partial charge in [0.15, 0.2) is 12.4 Å². The van der Waals surface area contributed by atoms with Gasteiger partial charge in [0.2, 0.25) is 11.8 Å². The van der Waals surface area contributed by atoms with Crippen LogP contribution in [0.5, 0.6) is 11.5 Å². The molecule has 2 aromatic rings. The lowest BCUT2D eigenvalue weighted by atomic mass is 9.63. The van der Waals surface area contributed by atoms with Gasteiger partial charge in [0, 0.05) is 5.56 Å². The predicted octanol–water partition coefficient (Wildman–Crippen LogP) is 3.51. The molecule has 32 heavy (non-hydrogen) atoms. The van der Waals surface area contributed by atoms with E-state index in [4.69, 9.17) is 9.47 Å². The van der Waals surface area contributed by atoms with E-state index < -0.39 is 0 Å². The summed E-state index contributed by atoms with van der Waals surface area (Å²) in [5.74, 6) is 1.46. The number of benzene rings is 2. The van der Waals surface area contributed by atoms with E-state index >= 15 is 0 Å². The van der Waals surface area contributed by atoms with E-state index in [9.17, 15) is 14.4 Å². The second-order valence-electron chi connectivity index (χ2n) is 9.07. The molecule has 6 atom stereocenters. The summed E-state index contributed by atoms with van der Waals surface area (Å²) in [6.07, 6.45) is 5.44. The van der Waals surface area contributed by atoms with Gasteiger partial charge in [-0.05, 0) is 66.5 Å². The molecule has 0 unspecified atom stereocenters. The summed E-state index contributed by atoms with van der Waals surface area (Å²) in [6.45, 7) is -0.191. The molecular formula is C26H23NO5. The summed E-state index contributed by atoms with van der Waals surface area (Å²) >= 11 is 0. The Kier molecular flexibility index (Phi) is 4.25. The van der Waals surface area contributed by atoms with Crippen LogP contribution in [0.3, 0.4) is 0 Å². The van der Waals surface area contributed by atoms with Gasteiger partial charge in [-0.2, -0.15) is 0 Å². The zero-order valence-corrected chi connectivity index (χ0v) is 17.6. The zero-order chi connectivity index (χ0) is 22.0. The first-order valence-corrected chi connectivity index (χ1v) is 11.0. The van der Waals surface area contributed by atoms with Gasteiger partial charge in [-0.3, -0.25) is 14.4 Å². The monoisotopic (exact) mass is 429 g/mol. The van der Waals surface area contributed by atoms with Crippen molar-refractivity contribution in [2.45, 2.75) is 6.42 Å². The van der Waals surface area contributed by atoms with Crippen LogP contribution in [-0.4, -0.2) is 31.3 Å². The number of hydrogen-bond donors (Lipinski definition) is 0. The molecule has 2 aromatic carbocycles. The van der Waals surface area contributed by atoms with Crippen LogP contribution in [0.1, 0.15) is 16.8 Å². The Morgan fingerprint density at radius 3 is 2.19 bits per heavy atom. The van der Waals surface area contributed by atoms with E-state index in [1.165, 1.54) is 4.90 Å². The van der Waals surface area contributed by atoms with E-state index in [2.05, 4.69) is 12.2 Å². The lowest BCUT2D eigenvalue weighted by molar-refractivity contribution is -0.124. The third-order valence-electron chi connectivity index (χ3n) is 7.54. The highest BCUT2D eigenvalue weighted by Gasteiger charge is 2.67. The SMILES string of the molecule is COc1ccc(C(=O)COc2ccccc2N2C(=O)[C@@H]3[C@@H]4C=C[C@H]([C@H]5C[C@H]45)[C@H]3C2=O)cc1. The maximum Gasteiger partial charge on any atom is 0.238 e. The highest BCUT2D eigenvalue weighted by Crippen LogP contribution is 2.65. The molecule has 162 valence electrons. The number of carbonyl (C=O) groups is 3. The van der Waals surface area contributed by atoms with Crippen molar-refractivity contribution in [1.29, 1.82) is 0 Å². The van der Waals surface area contributed by atoms with Crippen LogP contribution in [0.15, 0.2) is 60.7 Å². The van der Waals surface area contributed by atoms with E-state index in [1.54, 1.807) is 55.6 Å². The number of nitrogens with zero attached hydrogens (tertiary/aromatic N) is 1. The van der Waals surface area contributed by atoms with Crippen molar-refractivity contribution in [2.24, 2.45) is 35.5 Å². The number of imide groups is 1. The normalized spacial score (nSPS) is 31.3. The lowest BCUT2D eigenvalue weighted by Crippen LogP contribution is -2.40. The van der Waals surface area contributed by atoms with E-state index in [-0.39, 0.29) is 47.9 Å². The highest BCUT2D eigenvalue weighted by atomic mass is 16.5. The van der Waals surface area contributed by atoms with E-state index in [0.29, 0.717) is 34.6 Å². The molecule has 1 heterocycles. The molecule has 3 fully saturated rings. The molecule has 1 aliphatic heterocycles. The van der Waals surface area contributed by atoms with Crippen molar-refractivity contribution in [3.05, 3.63) is 66.2 Å². The number of para-hydroxylation sites is 2. The van der Waals surface area contributed by atoms with Gasteiger partial charge >= 0.3 is 0 Å². The predicted molar refractivity (Wildman–Crippen MR) is 116 cm³/mol. The average molecular weight is 429 g/mol. The largest absolute Gasteiger partial charge is 0.497 e. The smallest absolute Gasteiger partial charge is 0.238 e. The maximum absolute atomic E-state index is 13.4. The minimum atomic E-state index is -0.268. The summed E-state index contributed by atoms with van der Waals surface area (Å²) in [5.41, 5.74) is 0.928. The molecule has 0 radical (unpaired) electrons. The number of Topliss-reactive ketones (excluding diaryl/α,β-unsaturated/α-hetero) is 1. The van der Waals surface area contributed by atoms with E-state index in [1.807, 2.05) is 0 Å². The Morgan fingerprint density at radius 2 is 1.56 bits per heavy atom. The Balaban J connectivity index is 1.24. The fraction of sp³-hybridized carbons (Fsp3) is 0.346. The number of allylic oxidation sites excluding steroid dienone is 2. The second-order valence-corrected chi connectivity index (χ2v) is 9.07. The molecule has 0 aromatic heterocycles. The van der Waals surface area contributed by atoms with Gasteiger partial charge < -0.3 is 9.47 Å². The van der Waals surface area contributed by atoms with Crippen LogP contribution in [-0.2, 0) is 9.59 Å².